The molecule has 0 spiro atoms. The van der Waals surface area contributed by atoms with E-state index >= 15 is 0 Å². The molecule has 2 N–H and O–H groups in total. The van der Waals surface area contributed by atoms with Crippen molar-refractivity contribution in [3.05, 3.63) is 45.6 Å². The van der Waals surface area contributed by atoms with Crippen LogP contribution in [0.4, 0.5) is 5.69 Å². The Balaban J connectivity index is 2.56. The summed E-state index contributed by atoms with van der Waals surface area (Å²) in [6.45, 7) is 0.401. The monoisotopic (exact) mass is 267 g/mol. The maximum absolute atomic E-state index is 11.0. The summed E-state index contributed by atoms with van der Waals surface area (Å²) < 4.78 is 1.54. The van der Waals surface area contributed by atoms with Gasteiger partial charge in [-0.15, -0.1) is 0 Å². The molecule has 0 saturated heterocycles. The lowest BCUT2D eigenvalue weighted by Crippen LogP contribution is -2.10. The van der Waals surface area contributed by atoms with Gasteiger partial charge in [-0.25, -0.2) is 9.97 Å². The molecular formula is C10H10ClN5O2. The van der Waals surface area contributed by atoms with Crippen molar-refractivity contribution in [2.75, 3.05) is 6.54 Å². The molecule has 0 bridgehead atoms. The summed E-state index contributed by atoms with van der Waals surface area (Å²) in [7, 11) is 0. The van der Waals surface area contributed by atoms with E-state index in [9.17, 15) is 10.1 Å². The van der Waals surface area contributed by atoms with E-state index in [1.165, 1.54) is 12.3 Å². The smallest absolute Gasteiger partial charge is 0.313 e. The van der Waals surface area contributed by atoms with Crippen molar-refractivity contribution in [1.82, 2.24) is 14.5 Å². The summed E-state index contributed by atoms with van der Waals surface area (Å²) in [5.74, 6) is 0.806. The maximum atomic E-state index is 11.0. The first-order chi connectivity index (χ1) is 8.63. The van der Waals surface area contributed by atoms with Crippen molar-refractivity contribution in [1.29, 1.82) is 0 Å². The van der Waals surface area contributed by atoms with Gasteiger partial charge in [-0.2, -0.15) is 0 Å². The molecule has 18 heavy (non-hydrogen) atoms. The molecule has 0 aromatic carbocycles. The van der Waals surface area contributed by atoms with E-state index in [2.05, 4.69) is 9.97 Å². The van der Waals surface area contributed by atoms with Crippen LogP contribution in [0.2, 0.25) is 5.02 Å². The van der Waals surface area contributed by atoms with Crippen molar-refractivity contribution >= 4 is 17.3 Å². The van der Waals surface area contributed by atoms with E-state index in [0.29, 0.717) is 18.8 Å². The van der Waals surface area contributed by atoms with E-state index in [4.69, 9.17) is 17.3 Å². The van der Waals surface area contributed by atoms with Gasteiger partial charge in [-0.3, -0.25) is 14.7 Å². The minimum atomic E-state index is -0.527. The van der Waals surface area contributed by atoms with Crippen LogP contribution in [0.3, 0.4) is 0 Å². The Morgan fingerprint density at radius 3 is 2.94 bits per heavy atom. The molecular weight excluding hydrogens is 258 g/mol. The average molecular weight is 268 g/mol. The number of pyridine rings is 1. The molecule has 0 amide bonds. The number of rotatable bonds is 4. The number of nitrogens with two attached hydrogens (primary N) is 1. The predicted octanol–water partition coefficient (Wildman–Crippen LogP) is 1.33. The average Bonchev–Trinajstić information content (AvgIpc) is 2.77. The second-order valence-electron chi connectivity index (χ2n) is 3.51. The van der Waals surface area contributed by atoms with E-state index < -0.39 is 4.92 Å². The van der Waals surface area contributed by atoms with Gasteiger partial charge in [0.05, 0.1) is 9.95 Å². The molecule has 2 heterocycles. The first kappa shape index (κ1) is 12.5. The summed E-state index contributed by atoms with van der Waals surface area (Å²) >= 11 is 5.71. The van der Waals surface area contributed by atoms with Crippen LogP contribution in [-0.4, -0.2) is 26.0 Å². The normalized spacial score (nSPS) is 10.6. The van der Waals surface area contributed by atoms with Crippen LogP contribution in [0.25, 0.3) is 5.82 Å². The molecule has 0 radical (unpaired) electrons. The minimum Gasteiger partial charge on any atom is -0.330 e. The van der Waals surface area contributed by atoms with Gasteiger partial charge in [-0.05, 0) is 6.54 Å². The highest BCUT2D eigenvalue weighted by molar-refractivity contribution is 6.30. The fraction of sp³-hybridized carbons (Fsp3) is 0.200. The van der Waals surface area contributed by atoms with Gasteiger partial charge in [0.25, 0.3) is 0 Å². The lowest BCUT2D eigenvalue weighted by Gasteiger charge is -2.06. The molecule has 7 nitrogen and oxygen atoms in total. The van der Waals surface area contributed by atoms with E-state index in [1.54, 1.807) is 17.0 Å². The van der Waals surface area contributed by atoms with Crippen LogP contribution in [0, 0.1) is 10.1 Å². The quantitative estimate of drug-likeness (QED) is 0.665. The highest BCUT2D eigenvalue weighted by Crippen LogP contribution is 2.24. The number of aromatic nitrogens is 3. The molecule has 2 rings (SSSR count). The molecule has 0 atom stereocenters. The van der Waals surface area contributed by atoms with Crippen molar-refractivity contribution in [3.63, 3.8) is 0 Å². The molecule has 2 aromatic heterocycles. The van der Waals surface area contributed by atoms with E-state index in [0.717, 1.165) is 0 Å². The SMILES string of the molecule is NCCc1nccn1-c1ncc(Cl)cc1[N+](=O)[O-]. The van der Waals surface area contributed by atoms with Gasteiger partial charge in [-0.1, -0.05) is 11.6 Å². The Labute approximate surface area is 107 Å². The molecule has 0 aliphatic heterocycles. The molecule has 0 aliphatic rings. The number of halogens is 1. The van der Waals surface area contributed by atoms with Crippen LogP contribution in [0.5, 0.6) is 0 Å². The molecule has 0 aliphatic carbocycles. The number of hydrogen-bond donors (Lipinski definition) is 1. The Hall–Kier alpha value is -1.99. The van der Waals surface area contributed by atoms with E-state index in [1.807, 2.05) is 0 Å². The van der Waals surface area contributed by atoms with Crippen molar-refractivity contribution in [2.45, 2.75) is 6.42 Å². The Morgan fingerprint density at radius 2 is 2.28 bits per heavy atom. The Kier molecular flexibility index (Phi) is 3.54. The fourth-order valence-corrected chi connectivity index (χ4v) is 1.73. The van der Waals surface area contributed by atoms with E-state index in [-0.39, 0.29) is 16.5 Å². The molecule has 0 saturated carbocycles. The van der Waals surface area contributed by atoms with Crippen molar-refractivity contribution in [2.24, 2.45) is 5.73 Å². The molecule has 8 heteroatoms. The topological polar surface area (TPSA) is 99.9 Å². The number of hydrogen-bond acceptors (Lipinski definition) is 5. The van der Waals surface area contributed by atoms with Gasteiger partial charge in [0.2, 0.25) is 5.82 Å². The second-order valence-corrected chi connectivity index (χ2v) is 3.94. The number of nitro groups is 1. The summed E-state index contributed by atoms with van der Waals surface area (Å²) in [6, 6.07) is 1.26. The summed E-state index contributed by atoms with van der Waals surface area (Å²) in [6.07, 6.45) is 5.02. The Bertz CT molecular complexity index is 583. The summed E-state index contributed by atoms with van der Waals surface area (Å²) in [5.41, 5.74) is 5.29. The zero-order chi connectivity index (χ0) is 13.1. The minimum absolute atomic E-state index is 0.168. The lowest BCUT2D eigenvalue weighted by atomic mass is 10.3. The van der Waals surface area contributed by atoms with Crippen molar-refractivity contribution < 1.29 is 4.92 Å². The highest BCUT2D eigenvalue weighted by atomic mass is 35.5. The summed E-state index contributed by atoms with van der Waals surface area (Å²) in [4.78, 5) is 18.5. The van der Waals surface area contributed by atoms with Gasteiger partial charge >= 0.3 is 5.69 Å². The number of nitrogens with zero attached hydrogens (tertiary/aromatic N) is 4. The van der Waals surface area contributed by atoms with Crippen LogP contribution >= 0.6 is 11.6 Å². The largest absolute Gasteiger partial charge is 0.330 e. The summed E-state index contributed by atoms with van der Waals surface area (Å²) in [5, 5.41) is 11.2. The van der Waals surface area contributed by atoms with Gasteiger partial charge in [0, 0.05) is 31.1 Å². The number of imidazole rings is 1. The molecule has 94 valence electrons. The van der Waals surface area contributed by atoms with Gasteiger partial charge in [0.15, 0.2) is 0 Å². The first-order valence-corrected chi connectivity index (χ1v) is 5.54. The Morgan fingerprint density at radius 1 is 1.50 bits per heavy atom. The van der Waals surface area contributed by atoms with Crippen LogP contribution in [0.1, 0.15) is 5.82 Å². The standard InChI is InChI=1S/C10H10ClN5O2/c11-7-5-8(16(17)18)10(14-6-7)15-4-3-13-9(15)1-2-12/h3-6H,1-2,12H2. The molecule has 2 aromatic rings. The third kappa shape index (κ3) is 2.31. The maximum Gasteiger partial charge on any atom is 0.313 e. The molecule has 0 unspecified atom stereocenters. The van der Waals surface area contributed by atoms with Crippen molar-refractivity contribution in [3.8, 4) is 5.82 Å². The van der Waals surface area contributed by atoms with Gasteiger partial charge in [0.1, 0.15) is 5.82 Å². The molecule has 0 fully saturated rings. The zero-order valence-corrected chi connectivity index (χ0v) is 10.0. The third-order valence-electron chi connectivity index (χ3n) is 2.32. The lowest BCUT2D eigenvalue weighted by molar-refractivity contribution is -0.384. The first-order valence-electron chi connectivity index (χ1n) is 5.16. The van der Waals surface area contributed by atoms with Crippen LogP contribution in [-0.2, 0) is 6.42 Å². The second kappa shape index (κ2) is 5.11. The predicted molar refractivity (Wildman–Crippen MR) is 65.8 cm³/mol. The van der Waals surface area contributed by atoms with Gasteiger partial charge < -0.3 is 5.73 Å². The fourth-order valence-electron chi connectivity index (χ4n) is 1.58. The van der Waals surface area contributed by atoms with Crippen LogP contribution < -0.4 is 5.73 Å². The third-order valence-corrected chi connectivity index (χ3v) is 2.53. The zero-order valence-electron chi connectivity index (χ0n) is 9.28. The highest BCUT2D eigenvalue weighted by Gasteiger charge is 2.19. The van der Waals surface area contributed by atoms with Crippen LogP contribution in [0.15, 0.2) is 24.7 Å².